The summed E-state index contributed by atoms with van der Waals surface area (Å²) in [6.45, 7) is 1.54. The van der Waals surface area contributed by atoms with Gasteiger partial charge in [0.15, 0.2) is 5.78 Å². The summed E-state index contributed by atoms with van der Waals surface area (Å²) in [7, 11) is 0. The van der Waals surface area contributed by atoms with Crippen LogP contribution in [0.1, 0.15) is 38.8 Å². The molecule has 0 aromatic heterocycles. The number of benzene rings is 2. The zero-order valence-corrected chi connectivity index (χ0v) is 10.6. The minimum atomic E-state index is -0.919. The lowest BCUT2D eigenvalue weighted by molar-refractivity contribution is 0.0696. The van der Waals surface area contributed by atoms with E-state index in [0.717, 1.165) is 17.5 Å². The number of carbonyl (C=O) groups excluding carboxylic acids is 1. The smallest absolute Gasteiger partial charge is 0.335 e. The second-order valence-electron chi connectivity index (χ2n) is 4.43. The molecule has 2 aromatic carbocycles. The van der Waals surface area contributed by atoms with Gasteiger partial charge in [-0.05, 0) is 36.6 Å². The Balaban J connectivity index is 2.12. The van der Waals surface area contributed by atoms with Crippen LogP contribution in [0, 0.1) is 0 Å². The highest BCUT2D eigenvalue weighted by Crippen LogP contribution is 2.12. The number of ketones is 1. The lowest BCUT2D eigenvalue weighted by Crippen LogP contribution is -1.97. The van der Waals surface area contributed by atoms with E-state index in [1.165, 1.54) is 0 Å². The van der Waals surface area contributed by atoms with Crippen LogP contribution in [0.4, 0.5) is 0 Å². The first-order valence-electron chi connectivity index (χ1n) is 5.98. The number of rotatable bonds is 4. The summed E-state index contributed by atoms with van der Waals surface area (Å²) in [6, 6.07) is 14.3. The van der Waals surface area contributed by atoms with Gasteiger partial charge in [0, 0.05) is 5.56 Å². The average molecular weight is 254 g/mol. The molecule has 0 saturated carbocycles. The Morgan fingerprint density at radius 2 is 1.26 bits per heavy atom. The number of carbonyl (C=O) groups is 2. The molecule has 19 heavy (non-hydrogen) atoms. The van der Waals surface area contributed by atoms with Crippen LogP contribution in [0.3, 0.4) is 0 Å². The highest BCUT2D eigenvalue weighted by molar-refractivity contribution is 5.94. The van der Waals surface area contributed by atoms with Gasteiger partial charge in [-0.25, -0.2) is 4.79 Å². The van der Waals surface area contributed by atoms with E-state index in [-0.39, 0.29) is 11.3 Å². The molecule has 0 saturated heterocycles. The van der Waals surface area contributed by atoms with Crippen molar-refractivity contribution in [2.75, 3.05) is 0 Å². The largest absolute Gasteiger partial charge is 0.478 e. The van der Waals surface area contributed by atoms with Gasteiger partial charge < -0.3 is 5.11 Å². The van der Waals surface area contributed by atoms with E-state index in [0.29, 0.717) is 5.56 Å². The van der Waals surface area contributed by atoms with Crippen molar-refractivity contribution in [3.05, 3.63) is 70.8 Å². The first-order valence-corrected chi connectivity index (χ1v) is 5.98. The number of carboxylic acids is 1. The molecule has 0 radical (unpaired) electrons. The van der Waals surface area contributed by atoms with Crippen molar-refractivity contribution in [1.29, 1.82) is 0 Å². The summed E-state index contributed by atoms with van der Waals surface area (Å²) in [4.78, 5) is 21.9. The fourth-order valence-electron chi connectivity index (χ4n) is 1.86. The monoisotopic (exact) mass is 254 g/mol. The Morgan fingerprint density at radius 3 is 1.63 bits per heavy atom. The van der Waals surface area contributed by atoms with Crippen LogP contribution < -0.4 is 0 Å². The van der Waals surface area contributed by atoms with Crippen molar-refractivity contribution >= 4 is 11.8 Å². The van der Waals surface area contributed by atoms with Crippen LogP contribution >= 0.6 is 0 Å². The van der Waals surface area contributed by atoms with E-state index in [1.54, 1.807) is 19.1 Å². The molecule has 2 rings (SSSR count). The predicted octanol–water partition coefficient (Wildman–Crippen LogP) is 3.18. The van der Waals surface area contributed by atoms with Crippen molar-refractivity contribution in [3.63, 3.8) is 0 Å². The first kappa shape index (κ1) is 13.0. The number of carboxylic acid groups (broad SMARTS) is 1. The fraction of sp³-hybridized carbons (Fsp3) is 0.125. The molecule has 0 amide bonds. The van der Waals surface area contributed by atoms with Gasteiger partial charge >= 0.3 is 5.97 Å². The lowest BCUT2D eigenvalue weighted by Gasteiger charge is -2.03. The SMILES string of the molecule is CC(=O)c1ccc(Cc2ccc(C(=O)O)cc2)cc1. The normalized spacial score (nSPS) is 10.2. The summed E-state index contributed by atoms with van der Waals surface area (Å²) < 4.78 is 0. The molecule has 96 valence electrons. The van der Waals surface area contributed by atoms with Crippen molar-refractivity contribution < 1.29 is 14.7 Å². The summed E-state index contributed by atoms with van der Waals surface area (Å²) in [6.07, 6.45) is 0.720. The van der Waals surface area contributed by atoms with Gasteiger partial charge in [-0.1, -0.05) is 36.4 Å². The van der Waals surface area contributed by atoms with Gasteiger partial charge in [0.05, 0.1) is 5.56 Å². The standard InChI is InChI=1S/C16H14O3/c1-11(17)14-6-2-12(3-7-14)10-13-4-8-15(9-5-13)16(18)19/h2-9H,10H2,1H3,(H,18,19). The van der Waals surface area contributed by atoms with Gasteiger partial charge in [-0.3, -0.25) is 4.79 Å². The molecule has 0 bridgehead atoms. The Morgan fingerprint density at radius 1 is 0.842 bits per heavy atom. The van der Waals surface area contributed by atoms with E-state index >= 15 is 0 Å². The minimum absolute atomic E-state index is 0.0531. The average Bonchev–Trinajstić information content (AvgIpc) is 2.40. The topological polar surface area (TPSA) is 54.4 Å². The summed E-state index contributed by atoms with van der Waals surface area (Å²) in [5.41, 5.74) is 3.12. The minimum Gasteiger partial charge on any atom is -0.478 e. The maximum Gasteiger partial charge on any atom is 0.335 e. The van der Waals surface area contributed by atoms with Gasteiger partial charge in [-0.2, -0.15) is 0 Å². The number of hydrogen-bond acceptors (Lipinski definition) is 2. The Bertz CT molecular complexity index is 539. The summed E-state index contributed by atoms with van der Waals surface area (Å²) in [5, 5.41) is 8.82. The van der Waals surface area contributed by atoms with Crippen LogP contribution in [-0.4, -0.2) is 16.9 Å². The van der Waals surface area contributed by atoms with Gasteiger partial charge in [0.2, 0.25) is 0 Å². The van der Waals surface area contributed by atoms with E-state index < -0.39 is 5.97 Å². The zero-order valence-electron chi connectivity index (χ0n) is 10.6. The number of hydrogen-bond donors (Lipinski definition) is 1. The van der Waals surface area contributed by atoms with E-state index in [9.17, 15) is 9.59 Å². The third kappa shape index (κ3) is 3.28. The van der Waals surface area contributed by atoms with E-state index in [4.69, 9.17) is 5.11 Å². The highest BCUT2D eigenvalue weighted by Gasteiger charge is 2.03. The van der Waals surface area contributed by atoms with Crippen molar-refractivity contribution in [1.82, 2.24) is 0 Å². The molecule has 0 spiro atoms. The number of Topliss-reactive ketones (excluding diaryl/α,β-unsaturated/α-hetero) is 1. The molecule has 0 aliphatic carbocycles. The summed E-state index contributed by atoms with van der Waals surface area (Å²) >= 11 is 0. The lowest BCUT2D eigenvalue weighted by atomic mass is 10.0. The molecule has 0 aliphatic heterocycles. The van der Waals surface area contributed by atoms with Crippen LogP contribution in [0.15, 0.2) is 48.5 Å². The van der Waals surface area contributed by atoms with Crippen LogP contribution in [0.5, 0.6) is 0 Å². The van der Waals surface area contributed by atoms with Crippen molar-refractivity contribution in [2.24, 2.45) is 0 Å². The molecular weight excluding hydrogens is 240 g/mol. The van der Waals surface area contributed by atoms with Gasteiger partial charge in [-0.15, -0.1) is 0 Å². The van der Waals surface area contributed by atoms with Crippen LogP contribution in [0.2, 0.25) is 0 Å². The summed E-state index contributed by atoms with van der Waals surface area (Å²) in [5.74, 6) is -0.866. The third-order valence-electron chi connectivity index (χ3n) is 2.97. The Hall–Kier alpha value is -2.42. The second-order valence-corrected chi connectivity index (χ2v) is 4.43. The Labute approximate surface area is 111 Å². The van der Waals surface area contributed by atoms with E-state index in [2.05, 4.69) is 0 Å². The molecule has 0 aliphatic rings. The molecule has 0 atom stereocenters. The molecule has 0 fully saturated rings. The highest BCUT2D eigenvalue weighted by atomic mass is 16.4. The van der Waals surface area contributed by atoms with E-state index in [1.807, 2.05) is 36.4 Å². The Kier molecular flexibility index (Phi) is 3.76. The molecule has 0 heterocycles. The maximum absolute atomic E-state index is 11.2. The fourth-order valence-corrected chi connectivity index (χ4v) is 1.86. The molecule has 3 nitrogen and oxygen atoms in total. The van der Waals surface area contributed by atoms with Crippen LogP contribution in [0.25, 0.3) is 0 Å². The quantitative estimate of drug-likeness (QED) is 0.852. The van der Waals surface area contributed by atoms with Crippen molar-refractivity contribution in [3.8, 4) is 0 Å². The molecule has 0 unspecified atom stereocenters. The maximum atomic E-state index is 11.2. The van der Waals surface area contributed by atoms with Crippen molar-refractivity contribution in [2.45, 2.75) is 13.3 Å². The molecular formula is C16H14O3. The predicted molar refractivity (Wildman–Crippen MR) is 72.7 cm³/mol. The van der Waals surface area contributed by atoms with Gasteiger partial charge in [0.1, 0.15) is 0 Å². The third-order valence-corrected chi connectivity index (χ3v) is 2.97. The molecule has 2 aromatic rings. The first-order chi connectivity index (χ1) is 9.06. The van der Waals surface area contributed by atoms with Gasteiger partial charge in [0.25, 0.3) is 0 Å². The number of aromatic carboxylic acids is 1. The second kappa shape index (κ2) is 5.48. The molecule has 3 heteroatoms. The molecule has 1 N–H and O–H groups in total. The zero-order chi connectivity index (χ0) is 13.8. The van der Waals surface area contributed by atoms with Crippen LogP contribution in [-0.2, 0) is 6.42 Å².